The van der Waals surface area contributed by atoms with Gasteiger partial charge in [-0.2, -0.15) is 0 Å². The number of hydrogen-bond acceptors (Lipinski definition) is 4. The van der Waals surface area contributed by atoms with Gasteiger partial charge in [0.15, 0.2) is 0 Å². The molecule has 0 rings (SSSR count). The largest absolute Gasteiger partial charge is 0.411 e. The zero-order valence-corrected chi connectivity index (χ0v) is 4.57. The van der Waals surface area contributed by atoms with E-state index in [1.165, 1.54) is 6.21 Å². The fraction of sp³-hybridized carbons (Fsp3) is 0.500. The van der Waals surface area contributed by atoms with Gasteiger partial charge in [-0.05, 0) is 6.92 Å². The van der Waals surface area contributed by atoms with Gasteiger partial charge in [0.1, 0.15) is 0 Å². The molecular weight excluding hydrogens is 108 g/mol. The van der Waals surface area contributed by atoms with E-state index in [4.69, 9.17) is 10.4 Å². The lowest BCUT2D eigenvalue weighted by Crippen LogP contribution is -1.90. The van der Waals surface area contributed by atoms with Crippen LogP contribution in [0.2, 0.25) is 0 Å². The summed E-state index contributed by atoms with van der Waals surface area (Å²) in [6.07, 6.45) is 1.63. The highest BCUT2D eigenvalue weighted by atomic mass is 16.4. The van der Waals surface area contributed by atoms with Crippen molar-refractivity contribution in [3.63, 3.8) is 0 Å². The van der Waals surface area contributed by atoms with Crippen LogP contribution in [0.3, 0.4) is 0 Å². The van der Waals surface area contributed by atoms with E-state index in [0.29, 0.717) is 12.1 Å². The van der Waals surface area contributed by atoms with Crippen LogP contribution in [-0.4, -0.2) is 22.3 Å². The van der Waals surface area contributed by atoms with E-state index < -0.39 is 0 Å². The maximum Gasteiger partial charge on any atom is 0.0594 e. The number of nitrogens with zero attached hydrogens (tertiary/aromatic N) is 2. The zero-order valence-electron chi connectivity index (χ0n) is 4.57. The standard InChI is InChI=1S/C4H8N2O2/c1-4(6-8)2-3-5-7/h3,7-8H,2H2,1H3. The highest BCUT2D eigenvalue weighted by molar-refractivity contribution is 5.93. The third kappa shape index (κ3) is 3.14. The van der Waals surface area contributed by atoms with Crippen LogP contribution < -0.4 is 0 Å². The molecule has 4 nitrogen and oxygen atoms in total. The van der Waals surface area contributed by atoms with Crippen molar-refractivity contribution in [3.8, 4) is 0 Å². The summed E-state index contributed by atoms with van der Waals surface area (Å²) in [6, 6.07) is 0. The minimum Gasteiger partial charge on any atom is -0.411 e. The van der Waals surface area contributed by atoms with Crippen LogP contribution in [0.15, 0.2) is 10.3 Å². The second-order valence-electron chi connectivity index (χ2n) is 1.34. The zero-order chi connectivity index (χ0) is 6.41. The Morgan fingerprint density at radius 2 is 2.25 bits per heavy atom. The summed E-state index contributed by atoms with van der Waals surface area (Å²) in [5, 5.41) is 21.4. The van der Waals surface area contributed by atoms with Crippen LogP contribution in [0, 0.1) is 0 Å². The first-order valence-electron chi connectivity index (χ1n) is 2.14. The number of rotatable bonds is 2. The van der Waals surface area contributed by atoms with E-state index in [0.717, 1.165) is 0 Å². The van der Waals surface area contributed by atoms with Crippen molar-refractivity contribution in [2.75, 3.05) is 0 Å². The monoisotopic (exact) mass is 116 g/mol. The Kier molecular flexibility index (Phi) is 3.56. The highest BCUT2D eigenvalue weighted by Gasteiger charge is 1.84. The molecule has 0 aromatic rings. The third-order valence-corrected chi connectivity index (χ3v) is 0.639. The smallest absolute Gasteiger partial charge is 0.0594 e. The van der Waals surface area contributed by atoms with Crippen molar-refractivity contribution in [2.45, 2.75) is 13.3 Å². The molecule has 8 heavy (non-hydrogen) atoms. The summed E-state index contributed by atoms with van der Waals surface area (Å²) in [5.74, 6) is 0. The molecular formula is C4H8N2O2. The normalized spacial score (nSPS) is 12.9. The lowest BCUT2D eigenvalue weighted by atomic mass is 10.3. The van der Waals surface area contributed by atoms with Crippen LogP contribution in [-0.2, 0) is 0 Å². The Morgan fingerprint density at radius 3 is 2.62 bits per heavy atom. The molecule has 0 aromatic heterocycles. The molecule has 4 heteroatoms. The lowest BCUT2D eigenvalue weighted by Gasteiger charge is -1.84. The predicted molar refractivity (Wildman–Crippen MR) is 29.8 cm³/mol. The summed E-state index contributed by atoms with van der Waals surface area (Å²) in [6.45, 7) is 1.63. The summed E-state index contributed by atoms with van der Waals surface area (Å²) >= 11 is 0. The molecule has 0 atom stereocenters. The van der Waals surface area contributed by atoms with Gasteiger partial charge in [-0.25, -0.2) is 0 Å². The Bertz CT molecular complexity index is 109. The molecule has 0 aromatic carbocycles. The number of hydrogen-bond donors (Lipinski definition) is 2. The molecule has 0 aliphatic rings. The molecule has 0 bridgehead atoms. The highest BCUT2D eigenvalue weighted by Crippen LogP contribution is 1.78. The Balaban J connectivity index is 3.40. The Labute approximate surface area is 47.1 Å². The minimum atomic E-state index is 0.382. The first-order chi connectivity index (χ1) is 3.81. The first-order valence-corrected chi connectivity index (χ1v) is 2.14. The second kappa shape index (κ2) is 4.11. The van der Waals surface area contributed by atoms with E-state index >= 15 is 0 Å². The van der Waals surface area contributed by atoms with E-state index in [2.05, 4.69) is 10.3 Å². The van der Waals surface area contributed by atoms with Crippen LogP contribution in [0.1, 0.15) is 13.3 Å². The van der Waals surface area contributed by atoms with Gasteiger partial charge in [0.05, 0.1) is 5.71 Å². The summed E-state index contributed by atoms with van der Waals surface area (Å²) < 4.78 is 0. The average molecular weight is 116 g/mol. The molecule has 0 fully saturated rings. The topological polar surface area (TPSA) is 65.2 Å². The van der Waals surface area contributed by atoms with Gasteiger partial charge in [0.2, 0.25) is 0 Å². The van der Waals surface area contributed by atoms with Gasteiger partial charge in [-0.1, -0.05) is 5.16 Å². The van der Waals surface area contributed by atoms with Gasteiger partial charge < -0.3 is 10.4 Å². The maximum absolute atomic E-state index is 8.01. The quantitative estimate of drug-likeness (QED) is 0.316. The molecule has 0 radical (unpaired) electrons. The van der Waals surface area contributed by atoms with Gasteiger partial charge in [-0.3, -0.25) is 0 Å². The van der Waals surface area contributed by atoms with Crippen LogP contribution in [0.5, 0.6) is 0 Å². The summed E-state index contributed by atoms with van der Waals surface area (Å²) in [5.41, 5.74) is 0.516. The molecule has 46 valence electrons. The third-order valence-electron chi connectivity index (χ3n) is 0.639. The van der Waals surface area contributed by atoms with Crippen molar-refractivity contribution in [1.82, 2.24) is 0 Å². The molecule has 0 amide bonds. The molecule has 0 spiro atoms. The van der Waals surface area contributed by atoms with Crippen LogP contribution in [0.25, 0.3) is 0 Å². The molecule has 0 saturated heterocycles. The fourth-order valence-electron chi connectivity index (χ4n) is 0.214. The van der Waals surface area contributed by atoms with Crippen molar-refractivity contribution in [2.24, 2.45) is 10.3 Å². The second-order valence-corrected chi connectivity index (χ2v) is 1.34. The fourth-order valence-corrected chi connectivity index (χ4v) is 0.214. The van der Waals surface area contributed by atoms with Crippen molar-refractivity contribution >= 4 is 11.9 Å². The van der Waals surface area contributed by atoms with E-state index in [9.17, 15) is 0 Å². The van der Waals surface area contributed by atoms with Gasteiger partial charge in [0.25, 0.3) is 0 Å². The SMILES string of the molecule is CC(CC=NO)=NO. The molecule has 0 saturated carbocycles. The molecule has 0 heterocycles. The van der Waals surface area contributed by atoms with Crippen molar-refractivity contribution in [1.29, 1.82) is 0 Å². The van der Waals surface area contributed by atoms with E-state index in [1.54, 1.807) is 6.92 Å². The maximum atomic E-state index is 8.01. The van der Waals surface area contributed by atoms with Gasteiger partial charge in [0, 0.05) is 12.6 Å². The summed E-state index contributed by atoms with van der Waals surface area (Å²) in [4.78, 5) is 0. The van der Waals surface area contributed by atoms with E-state index in [1.807, 2.05) is 0 Å². The van der Waals surface area contributed by atoms with Gasteiger partial charge in [-0.15, -0.1) is 5.16 Å². The molecule has 0 unspecified atom stereocenters. The molecule has 0 aliphatic heterocycles. The van der Waals surface area contributed by atoms with Crippen molar-refractivity contribution < 1.29 is 10.4 Å². The molecule has 0 aliphatic carbocycles. The Morgan fingerprint density at radius 1 is 1.62 bits per heavy atom. The van der Waals surface area contributed by atoms with Gasteiger partial charge >= 0.3 is 0 Å². The molecule has 2 N–H and O–H groups in total. The predicted octanol–water partition coefficient (Wildman–Crippen LogP) is 0.687. The van der Waals surface area contributed by atoms with Crippen LogP contribution in [0.4, 0.5) is 0 Å². The van der Waals surface area contributed by atoms with E-state index in [-0.39, 0.29) is 0 Å². The lowest BCUT2D eigenvalue weighted by molar-refractivity contribution is 0.316. The van der Waals surface area contributed by atoms with Crippen molar-refractivity contribution in [3.05, 3.63) is 0 Å². The Hall–Kier alpha value is -1.06. The summed E-state index contributed by atoms with van der Waals surface area (Å²) in [7, 11) is 0. The van der Waals surface area contributed by atoms with Crippen LogP contribution >= 0.6 is 0 Å². The average Bonchev–Trinajstić information content (AvgIpc) is 1.83. The minimum absolute atomic E-state index is 0.382. The first kappa shape index (κ1) is 6.94. The number of oxime groups is 2.